The van der Waals surface area contributed by atoms with E-state index in [0.717, 1.165) is 28.5 Å². The van der Waals surface area contributed by atoms with Crippen LogP contribution in [-0.2, 0) is 11.2 Å². The van der Waals surface area contributed by atoms with Crippen molar-refractivity contribution in [2.45, 2.75) is 65.0 Å². The van der Waals surface area contributed by atoms with Crippen molar-refractivity contribution in [3.63, 3.8) is 0 Å². The fourth-order valence-corrected chi connectivity index (χ4v) is 5.60. The van der Waals surface area contributed by atoms with Gasteiger partial charge in [-0.2, -0.15) is 5.26 Å². The molecule has 0 unspecified atom stereocenters. The number of hydrogen-bond donors (Lipinski definition) is 2. The molecule has 0 radical (unpaired) electrons. The first-order chi connectivity index (χ1) is 16.2. The van der Waals surface area contributed by atoms with Crippen LogP contribution >= 0.6 is 0 Å². The van der Waals surface area contributed by atoms with Gasteiger partial charge in [0.1, 0.15) is 11.6 Å². The van der Waals surface area contributed by atoms with Gasteiger partial charge in [0.25, 0.3) is 5.91 Å². The summed E-state index contributed by atoms with van der Waals surface area (Å²) in [6.45, 7) is 11.8. The highest BCUT2D eigenvalue weighted by Gasteiger charge is 2.37. The van der Waals surface area contributed by atoms with Gasteiger partial charge in [-0.05, 0) is 87.4 Å². The molecule has 1 atom stereocenters. The lowest BCUT2D eigenvalue weighted by Crippen LogP contribution is -2.51. The second kappa shape index (κ2) is 9.38. The van der Waals surface area contributed by atoms with Gasteiger partial charge in [0.2, 0.25) is 0 Å². The quantitative estimate of drug-likeness (QED) is 0.358. The molecule has 0 saturated carbocycles. The van der Waals surface area contributed by atoms with Gasteiger partial charge in [-0.3, -0.25) is 4.79 Å². The molecule has 3 aromatic rings. The lowest BCUT2D eigenvalue weighted by atomic mass is 9.79. The predicted molar refractivity (Wildman–Crippen MR) is 140 cm³/mol. The summed E-state index contributed by atoms with van der Waals surface area (Å²) in [5, 5.41) is 13.7. The van der Waals surface area contributed by atoms with E-state index in [0.29, 0.717) is 24.9 Å². The molecule has 5 nitrogen and oxygen atoms in total. The molecule has 1 aliphatic heterocycles. The van der Waals surface area contributed by atoms with Crippen LogP contribution in [0.2, 0.25) is 0 Å². The van der Waals surface area contributed by atoms with Crippen molar-refractivity contribution in [2.75, 3.05) is 11.4 Å². The molecule has 2 aromatic carbocycles. The summed E-state index contributed by atoms with van der Waals surface area (Å²) in [4.78, 5) is 18.5. The van der Waals surface area contributed by atoms with Crippen LogP contribution < -0.4 is 10.2 Å². The third kappa shape index (κ3) is 4.59. The number of amides is 1. The third-order valence-electron chi connectivity index (χ3n) is 6.85. The largest absolute Gasteiger partial charge is 0.364 e. The number of fused-ring (bicyclic) bond motifs is 2. The first-order valence-corrected chi connectivity index (χ1v) is 12.1. The van der Waals surface area contributed by atoms with Crippen molar-refractivity contribution in [3.05, 3.63) is 70.9 Å². The molecule has 1 aliphatic rings. The Labute approximate surface area is 202 Å². The van der Waals surface area contributed by atoms with Gasteiger partial charge in [0, 0.05) is 40.9 Å². The zero-order valence-electron chi connectivity index (χ0n) is 20.8. The number of nitrogens with zero attached hydrogens (tertiary/aromatic N) is 2. The molecular formula is C29H34N4O. The van der Waals surface area contributed by atoms with Crippen LogP contribution in [-0.4, -0.2) is 29.0 Å². The van der Waals surface area contributed by atoms with Crippen molar-refractivity contribution >= 4 is 28.6 Å². The van der Waals surface area contributed by atoms with Gasteiger partial charge >= 0.3 is 0 Å². The van der Waals surface area contributed by atoms with Gasteiger partial charge in [0.15, 0.2) is 0 Å². The van der Waals surface area contributed by atoms with Crippen LogP contribution in [0.4, 0.5) is 5.69 Å². The number of aromatic nitrogens is 1. The summed E-state index contributed by atoms with van der Waals surface area (Å²) >= 11 is 0. The molecule has 0 fully saturated rings. The molecule has 0 spiro atoms. The molecule has 1 amide bonds. The highest BCUT2D eigenvalue weighted by molar-refractivity contribution is 6.01. The number of rotatable bonds is 6. The van der Waals surface area contributed by atoms with Gasteiger partial charge in [-0.15, -0.1) is 0 Å². The molecule has 4 rings (SSSR count). The Morgan fingerprint density at radius 2 is 2.06 bits per heavy atom. The summed E-state index contributed by atoms with van der Waals surface area (Å²) in [5.74, 6) is 0.0712. The second-order valence-corrected chi connectivity index (χ2v) is 10.2. The summed E-state index contributed by atoms with van der Waals surface area (Å²) in [5.41, 5.74) is 5.86. The van der Waals surface area contributed by atoms with E-state index < -0.39 is 0 Å². The van der Waals surface area contributed by atoms with Crippen molar-refractivity contribution < 1.29 is 4.79 Å². The molecule has 0 saturated heterocycles. The van der Waals surface area contributed by atoms with E-state index in [1.54, 1.807) is 6.08 Å². The highest BCUT2D eigenvalue weighted by Crippen LogP contribution is 2.44. The minimum Gasteiger partial charge on any atom is -0.364 e. The number of nitriles is 1. The maximum atomic E-state index is 12.7. The van der Waals surface area contributed by atoms with Crippen LogP contribution in [0.1, 0.15) is 63.6 Å². The molecule has 0 aliphatic carbocycles. The summed E-state index contributed by atoms with van der Waals surface area (Å²) in [6.07, 6.45) is 5.44. The number of H-pyrrole nitrogens is 1. The Bertz CT molecular complexity index is 1270. The maximum absolute atomic E-state index is 12.7. The summed E-state index contributed by atoms with van der Waals surface area (Å²) in [7, 11) is 0. The molecular weight excluding hydrogens is 420 g/mol. The van der Waals surface area contributed by atoms with Gasteiger partial charge in [-0.1, -0.05) is 31.2 Å². The second-order valence-electron chi connectivity index (χ2n) is 10.2. The van der Waals surface area contributed by atoms with E-state index in [4.69, 9.17) is 0 Å². The molecule has 2 N–H and O–H groups in total. The SMILES string of the molecule is CC(C)N1c2ccc(/C=C(/C#N)C(=O)NCCc3c[nH]c4ccccc34)cc2[C@H](C)CC1(C)C. The van der Waals surface area contributed by atoms with E-state index in [2.05, 4.69) is 74.1 Å². The number of carbonyl (C=O) groups is 1. The van der Waals surface area contributed by atoms with Crippen LogP contribution in [0.5, 0.6) is 0 Å². The molecule has 34 heavy (non-hydrogen) atoms. The third-order valence-corrected chi connectivity index (χ3v) is 6.85. The van der Waals surface area contributed by atoms with E-state index in [-0.39, 0.29) is 17.0 Å². The topological polar surface area (TPSA) is 71.9 Å². The monoisotopic (exact) mass is 454 g/mol. The smallest absolute Gasteiger partial charge is 0.261 e. The molecule has 5 heteroatoms. The van der Waals surface area contributed by atoms with E-state index in [1.165, 1.54) is 11.3 Å². The minimum atomic E-state index is -0.335. The zero-order chi connectivity index (χ0) is 24.5. The number of nitrogens with one attached hydrogen (secondary N) is 2. The van der Waals surface area contributed by atoms with Crippen molar-refractivity contribution in [2.24, 2.45) is 0 Å². The highest BCUT2D eigenvalue weighted by atomic mass is 16.1. The summed E-state index contributed by atoms with van der Waals surface area (Å²) < 4.78 is 0. The lowest BCUT2D eigenvalue weighted by Gasteiger charge is -2.50. The van der Waals surface area contributed by atoms with Crippen LogP contribution in [0, 0.1) is 11.3 Å². The minimum absolute atomic E-state index is 0.0838. The van der Waals surface area contributed by atoms with Crippen LogP contribution in [0.3, 0.4) is 0 Å². The fourth-order valence-electron chi connectivity index (χ4n) is 5.60. The van der Waals surface area contributed by atoms with Gasteiger partial charge < -0.3 is 15.2 Å². The Hall–Kier alpha value is -3.52. The lowest BCUT2D eigenvalue weighted by molar-refractivity contribution is -0.117. The Morgan fingerprint density at radius 1 is 1.29 bits per heavy atom. The van der Waals surface area contributed by atoms with E-state index in [9.17, 15) is 10.1 Å². The number of carbonyl (C=O) groups excluding carboxylic acids is 1. The van der Waals surface area contributed by atoms with E-state index in [1.807, 2.05) is 30.5 Å². The number of hydrogen-bond acceptors (Lipinski definition) is 3. The first-order valence-electron chi connectivity index (χ1n) is 12.1. The predicted octanol–water partition coefficient (Wildman–Crippen LogP) is 5.93. The first kappa shape index (κ1) is 23.6. The average Bonchev–Trinajstić information content (AvgIpc) is 3.20. The average molecular weight is 455 g/mol. The Morgan fingerprint density at radius 3 is 2.79 bits per heavy atom. The molecule has 176 valence electrons. The fraction of sp³-hybridized carbons (Fsp3) is 0.379. The molecule has 0 bridgehead atoms. The number of benzene rings is 2. The number of para-hydroxylation sites is 1. The van der Waals surface area contributed by atoms with E-state index >= 15 is 0 Å². The zero-order valence-corrected chi connectivity index (χ0v) is 20.8. The number of aromatic amines is 1. The summed E-state index contributed by atoms with van der Waals surface area (Å²) in [6, 6.07) is 16.9. The molecule has 1 aromatic heterocycles. The van der Waals surface area contributed by atoms with Crippen molar-refractivity contribution in [3.8, 4) is 6.07 Å². The van der Waals surface area contributed by atoms with Crippen molar-refractivity contribution in [1.29, 1.82) is 5.26 Å². The number of anilines is 1. The molecule has 2 heterocycles. The van der Waals surface area contributed by atoms with Crippen LogP contribution in [0.15, 0.2) is 54.2 Å². The normalized spacial score (nSPS) is 17.5. The van der Waals surface area contributed by atoms with Gasteiger partial charge in [0.05, 0.1) is 0 Å². The van der Waals surface area contributed by atoms with Crippen LogP contribution in [0.25, 0.3) is 17.0 Å². The van der Waals surface area contributed by atoms with Gasteiger partial charge in [-0.25, -0.2) is 0 Å². The standard InChI is InChI=1S/C29H34N4O/c1-19(2)33-27-11-10-21(15-25(27)20(3)16-29(33,4)5)14-23(17-30)28(34)31-13-12-22-18-32-26-9-7-6-8-24(22)26/h6-11,14-15,18-20,32H,12-13,16H2,1-5H3,(H,31,34)/b23-14-/t20-/m1/s1. The maximum Gasteiger partial charge on any atom is 0.261 e. The Balaban J connectivity index is 1.49. The Kier molecular flexibility index (Phi) is 6.52. The van der Waals surface area contributed by atoms with Crippen molar-refractivity contribution in [1.82, 2.24) is 10.3 Å².